The van der Waals surface area contributed by atoms with Gasteiger partial charge in [-0.2, -0.15) is 5.10 Å². The summed E-state index contributed by atoms with van der Waals surface area (Å²) in [6.45, 7) is 3.21. The lowest BCUT2D eigenvalue weighted by molar-refractivity contribution is -0.114. The fourth-order valence-electron chi connectivity index (χ4n) is 1.95. The van der Waals surface area contributed by atoms with Crippen LogP contribution in [-0.2, 0) is 4.79 Å². The Morgan fingerprint density at radius 1 is 0.909 bits per heavy atom. The van der Waals surface area contributed by atoms with Crippen LogP contribution in [0, 0.1) is 0 Å². The monoisotopic (exact) mass is 295 g/mol. The predicted octanol–water partition coefficient (Wildman–Crippen LogP) is 2.80. The lowest BCUT2D eigenvalue weighted by atomic mass is 10.1. The van der Waals surface area contributed by atoms with E-state index in [0.717, 1.165) is 5.56 Å². The molecule has 112 valence electrons. The second-order valence-corrected chi connectivity index (χ2v) is 4.73. The molecule has 2 aromatic carbocycles. The molecule has 2 aromatic rings. The van der Waals surface area contributed by atoms with Crippen molar-refractivity contribution in [1.29, 1.82) is 0 Å². The minimum atomic E-state index is -0.281. The Morgan fingerprint density at radius 2 is 1.55 bits per heavy atom. The molecule has 0 saturated carbocycles. The van der Waals surface area contributed by atoms with Crippen LogP contribution in [0.2, 0.25) is 0 Å². The fourth-order valence-corrected chi connectivity index (χ4v) is 1.95. The Balaban J connectivity index is 2.16. The standard InChI is InChI=1S/C17H17N3O2/c1-12(15-10-6-7-11-16(15)18-13(2)21)19-20-17(22)14-8-4-3-5-9-14/h3-11H,1-2H3,(H,18,21)(H,20,22). The van der Waals surface area contributed by atoms with Crippen molar-refractivity contribution in [3.05, 3.63) is 65.7 Å². The topological polar surface area (TPSA) is 70.6 Å². The number of hydrogen-bond donors (Lipinski definition) is 2. The highest BCUT2D eigenvalue weighted by Crippen LogP contribution is 2.15. The van der Waals surface area contributed by atoms with Crippen LogP contribution in [0.5, 0.6) is 0 Å². The first kappa shape index (κ1) is 15.4. The summed E-state index contributed by atoms with van der Waals surface area (Å²) in [7, 11) is 0. The van der Waals surface area contributed by atoms with Crippen LogP contribution in [-0.4, -0.2) is 17.5 Å². The number of nitrogens with one attached hydrogen (secondary N) is 2. The van der Waals surface area contributed by atoms with Crippen LogP contribution in [0.15, 0.2) is 59.7 Å². The lowest BCUT2D eigenvalue weighted by Crippen LogP contribution is -2.19. The number of para-hydroxylation sites is 1. The van der Waals surface area contributed by atoms with Crippen molar-refractivity contribution in [3.63, 3.8) is 0 Å². The van der Waals surface area contributed by atoms with Crippen LogP contribution in [0.4, 0.5) is 5.69 Å². The van der Waals surface area contributed by atoms with Crippen LogP contribution in [0.3, 0.4) is 0 Å². The fraction of sp³-hybridized carbons (Fsp3) is 0.118. The second-order valence-electron chi connectivity index (χ2n) is 4.73. The third-order valence-electron chi connectivity index (χ3n) is 2.99. The quantitative estimate of drug-likeness (QED) is 0.672. The third kappa shape index (κ3) is 4.02. The minimum Gasteiger partial charge on any atom is -0.326 e. The van der Waals surface area contributed by atoms with Crippen molar-refractivity contribution in [2.45, 2.75) is 13.8 Å². The van der Waals surface area contributed by atoms with Crippen LogP contribution < -0.4 is 10.7 Å². The highest BCUT2D eigenvalue weighted by molar-refractivity contribution is 6.07. The molecule has 0 saturated heterocycles. The van der Waals surface area contributed by atoms with E-state index in [2.05, 4.69) is 15.8 Å². The molecule has 0 aliphatic heterocycles. The van der Waals surface area contributed by atoms with Gasteiger partial charge < -0.3 is 5.32 Å². The average Bonchev–Trinajstić information content (AvgIpc) is 2.53. The van der Waals surface area contributed by atoms with Crippen LogP contribution in [0.1, 0.15) is 29.8 Å². The maximum atomic E-state index is 12.0. The van der Waals surface area contributed by atoms with Gasteiger partial charge in [-0.3, -0.25) is 9.59 Å². The Morgan fingerprint density at radius 3 is 2.23 bits per heavy atom. The van der Waals surface area contributed by atoms with E-state index < -0.39 is 0 Å². The van der Waals surface area contributed by atoms with Crippen molar-refractivity contribution in [1.82, 2.24) is 5.43 Å². The molecule has 22 heavy (non-hydrogen) atoms. The van der Waals surface area contributed by atoms with Gasteiger partial charge in [-0.25, -0.2) is 5.43 Å². The SMILES string of the molecule is CC(=O)Nc1ccccc1C(C)=NNC(=O)c1ccccc1. The van der Waals surface area contributed by atoms with Crippen molar-refractivity contribution < 1.29 is 9.59 Å². The smallest absolute Gasteiger partial charge is 0.271 e. The van der Waals surface area contributed by atoms with E-state index in [9.17, 15) is 9.59 Å². The van der Waals surface area contributed by atoms with E-state index in [-0.39, 0.29) is 11.8 Å². The molecule has 0 aromatic heterocycles. The largest absolute Gasteiger partial charge is 0.326 e. The second kappa shape index (κ2) is 7.17. The number of hydrazone groups is 1. The zero-order valence-electron chi connectivity index (χ0n) is 12.5. The van der Waals surface area contributed by atoms with Gasteiger partial charge in [0.15, 0.2) is 0 Å². The number of hydrogen-bond acceptors (Lipinski definition) is 3. The third-order valence-corrected chi connectivity index (χ3v) is 2.99. The molecule has 2 amide bonds. The number of nitrogens with zero attached hydrogens (tertiary/aromatic N) is 1. The first-order chi connectivity index (χ1) is 10.6. The Bertz CT molecular complexity index is 709. The first-order valence-corrected chi connectivity index (χ1v) is 6.84. The van der Waals surface area contributed by atoms with Gasteiger partial charge in [-0.1, -0.05) is 36.4 Å². The molecule has 0 unspecified atom stereocenters. The summed E-state index contributed by atoms with van der Waals surface area (Å²) in [6.07, 6.45) is 0. The van der Waals surface area contributed by atoms with E-state index in [0.29, 0.717) is 17.0 Å². The Kier molecular flexibility index (Phi) is 5.03. The number of carbonyl (C=O) groups is 2. The van der Waals surface area contributed by atoms with E-state index in [1.165, 1.54) is 6.92 Å². The van der Waals surface area contributed by atoms with Gasteiger partial charge in [0.2, 0.25) is 5.91 Å². The Labute approximate surface area is 129 Å². The first-order valence-electron chi connectivity index (χ1n) is 6.84. The number of amides is 2. The predicted molar refractivity (Wildman–Crippen MR) is 86.9 cm³/mol. The van der Waals surface area contributed by atoms with Crippen molar-refractivity contribution >= 4 is 23.2 Å². The van der Waals surface area contributed by atoms with Crippen molar-refractivity contribution in [2.24, 2.45) is 5.10 Å². The molecule has 0 spiro atoms. The van der Waals surface area contributed by atoms with E-state index in [1.807, 2.05) is 24.3 Å². The molecule has 0 bridgehead atoms. The zero-order valence-corrected chi connectivity index (χ0v) is 12.5. The van der Waals surface area contributed by atoms with Crippen molar-refractivity contribution in [2.75, 3.05) is 5.32 Å². The number of benzene rings is 2. The maximum absolute atomic E-state index is 12.0. The minimum absolute atomic E-state index is 0.159. The molecule has 5 heteroatoms. The van der Waals surface area contributed by atoms with Gasteiger partial charge in [-0.05, 0) is 25.1 Å². The van der Waals surface area contributed by atoms with Gasteiger partial charge in [0.25, 0.3) is 5.91 Å². The highest BCUT2D eigenvalue weighted by atomic mass is 16.2. The molecule has 0 aliphatic rings. The summed E-state index contributed by atoms with van der Waals surface area (Å²) in [5.41, 5.74) is 5.07. The molecular formula is C17H17N3O2. The van der Waals surface area contributed by atoms with Gasteiger partial charge in [0.05, 0.1) is 5.71 Å². The summed E-state index contributed by atoms with van der Waals surface area (Å²) in [4.78, 5) is 23.2. The van der Waals surface area contributed by atoms with Crippen molar-refractivity contribution in [3.8, 4) is 0 Å². The molecular weight excluding hydrogens is 278 g/mol. The molecule has 0 radical (unpaired) electrons. The molecule has 0 heterocycles. The molecule has 2 N–H and O–H groups in total. The van der Waals surface area contributed by atoms with E-state index >= 15 is 0 Å². The average molecular weight is 295 g/mol. The zero-order chi connectivity index (χ0) is 15.9. The highest BCUT2D eigenvalue weighted by Gasteiger charge is 2.07. The summed E-state index contributed by atoms with van der Waals surface area (Å²) in [6, 6.07) is 16.1. The van der Waals surface area contributed by atoms with Gasteiger partial charge in [-0.15, -0.1) is 0 Å². The van der Waals surface area contributed by atoms with Gasteiger partial charge in [0.1, 0.15) is 0 Å². The molecule has 5 nitrogen and oxygen atoms in total. The Hall–Kier alpha value is -2.95. The summed E-state index contributed by atoms with van der Waals surface area (Å²) in [5.74, 6) is -0.439. The summed E-state index contributed by atoms with van der Waals surface area (Å²) in [5, 5.41) is 6.85. The van der Waals surface area contributed by atoms with Crippen LogP contribution in [0.25, 0.3) is 0 Å². The summed E-state index contributed by atoms with van der Waals surface area (Å²) < 4.78 is 0. The summed E-state index contributed by atoms with van der Waals surface area (Å²) >= 11 is 0. The molecule has 0 fully saturated rings. The van der Waals surface area contributed by atoms with E-state index in [4.69, 9.17) is 0 Å². The molecule has 2 rings (SSSR count). The number of carbonyl (C=O) groups excluding carboxylic acids is 2. The molecule has 0 aliphatic carbocycles. The number of anilines is 1. The number of rotatable bonds is 4. The van der Waals surface area contributed by atoms with Gasteiger partial charge >= 0.3 is 0 Å². The van der Waals surface area contributed by atoms with Gasteiger partial charge in [0, 0.05) is 23.7 Å². The lowest BCUT2D eigenvalue weighted by Gasteiger charge is -2.09. The normalized spacial score (nSPS) is 10.9. The van der Waals surface area contributed by atoms with Crippen LogP contribution >= 0.6 is 0 Å². The van der Waals surface area contributed by atoms with E-state index in [1.54, 1.807) is 37.3 Å². The molecule has 0 atom stereocenters. The maximum Gasteiger partial charge on any atom is 0.271 e.